The topological polar surface area (TPSA) is 295 Å². The third-order valence-corrected chi connectivity index (χ3v) is 11.9. The fraction of sp³-hybridized carbons (Fsp3) is 0.214. The molecule has 19 nitrogen and oxygen atoms in total. The number of carboxylic acids is 1. The van der Waals surface area contributed by atoms with Crippen molar-refractivity contribution in [1.82, 2.24) is 29.8 Å². The largest absolute Gasteiger partial charge is 0.504 e. The number of aromatic nitrogens is 4. The number of thiazole rings is 1. The second kappa shape index (κ2) is 13.7. The highest BCUT2D eigenvalue weighted by Gasteiger charge is 2.54. The Morgan fingerprint density at radius 2 is 1.96 bits per heavy atom. The van der Waals surface area contributed by atoms with E-state index in [9.17, 15) is 42.9 Å². The predicted molar refractivity (Wildman–Crippen MR) is 183 cm³/mol. The molecule has 3 aromatic heterocycles. The monoisotopic (exact) mass is 775 g/mol. The number of aryl methyl sites for hydroxylation is 1. The molecule has 0 bridgehead atoms. The van der Waals surface area contributed by atoms with Crippen LogP contribution in [0.3, 0.4) is 0 Å². The average Bonchev–Trinajstić information content (AvgIpc) is 3.71. The Labute approximate surface area is 299 Å². The summed E-state index contributed by atoms with van der Waals surface area (Å²) in [7, 11) is -4.22. The summed E-state index contributed by atoms with van der Waals surface area (Å²) in [5, 5.41) is 40.8. The van der Waals surface area contributed by atoms with Gasteiger partial charge in [-0.3, -0.25) is 19.3 Å². The highest BCUT2D eigenvalue weighted by Crippen LogP contribution is 2.42. The Morgan fingerprint density at radius 3 is 2.63 bits per heavy atom. The van der Waals surface area contributed by atoms with Gasteiger partial charge in [0, 0.05) is 28.6 Å². The lowest BCUT2D eigenvalue weighted by atomic mass is 10.0. The normalized spacial score (nSPS) is 17.6. The minimum absolute atomic E-state index is 0.0524. The van der Waals surface area contributed by atoms with Crippen molar-refractivity contribution in [2.24, 2.45) is 10.9 Å². The number of aromatic hydroxyl groups is 2. The van der Waals surface area contributed by atoms with Crippen molar-refractivity contribution in [1.29, 1.82) is 0 Å². The molecule has 1 fully saturated rings. The van der Waals surface area contributed by atoms with Crippen LogP contribution in [0.15, 0.2) is 62.2 Å². The lowest BCUT2D eigenvalue weighted by molar-refractivity contribution is -0.150. The van der Waals surface area contributed by atoms with Crippen LogP contribution in [0.4, 0.5) is 5.13 Å². The number of rotatable bonds is 12. The number of amides is 3. The summed E-state index contributed by atoms with van der Waals surface area (Å²) < 4.78 is 26.8. The standard InChI is InChI=1S/C28H25N9O10S4/c1-11-4-18(37-23(32-11)14(6-31-37)22(29)40)48-7-12-8-49-26-20(25(42)36(26)21(12)27(43)44)34-24(41)19(15-9-50-28(30)33-15)35-47-10-51(45,46)13-2-3-16(38)17(39)5-13/h2-6,9,20,26,38-39H,7-8,10H2,1H3,(H2,29,40)(H2,30,33)(H,34,41)(H,43,44)/b35-19-/t20-,26-/m1/s1. The van der Waals surface area contributed by atoms with Gasteiger partial charge in [-0.15, -0.1) is 34.9 Å². The summed E-state index contributed by atoms with van der Waals surface area (Å²) in [5.41, 5.74) is 11.7. The number of nitrogen functional groups attached to an aromatic ring is 1. The molecule has 0 unspecified atom stereocenters. The number of hydrogen-bond donors (Lipinski definition) is 6. The number of carboxylic acid groups (broad SMARTS) is 1. The fourth-order valence-corrected chi connectivity index (χ4v) is 9.01. The smallest absolute Gasteiger partial charge is 0.352 e. The van der Waals surface area contributed by atoms with Gasteiger partial charge in [0.05, 0.1) is 11.1 Å². The summed E-state index contributed by atoms with van der Waals surface area (Å²) in [4.78, 5) is 65.1. The zero-order valence-electron chi connectivity index (χ0n) is 25.9. The second-order valence-electron chi connectivity index (χ2n) is 10.8. The molecule has 266 valence electrons. The number of benzene rings is 1. The number of thioether (sulfide) groups is 2. The molecule has 51 heavy (non-hydrogen) atoms. The maximum Gasteiger partial charge on any atom is 0.352 e. The number of β-lactam (4-membered cyclic amide) rings is 1. The van der Waals surface area contributed by atoms with Gasteiger partial charge in [0.1, 0.15) is 33.4 Å². The summed E-state index contributed by atoms with van der Waals surface area (Å²) in [6.07, 6.45) is 1.29. The Bertz CT molecular complexity index is 2300. The van der Waals surface area contributed by atoms with E-state index >= 15 is 0 Å². The molecule has 2 atom stereocenters. The Kier molecular flexibility index (Phi) is 9.54. The molecule has 1 saturated heterocycles. The van der Waals surface area contributed by atoms with Crippen molar-refractivity contribution < 1.29 is 47.8 Å². The van der Waals surface area contributed by atoms with Gasteiger partial charge < -0.3 is 36.9 Å². The number of hydrogen-bond acceptors (Lipinski definition) is 17. The third kappa shape index (κ3) is 6.87. The van der Waals surface area contributed by atoms with E-state index in [1.807, 2.05) is 0 Å². The van der Waals surface area contributed by atoms with E-state index in [2.05, 4.69) is 25.5 Å². The van der Waals surface area contributed by atoms with Crippen LogP contribution >= 0.6 is 34.9 Å². The lowest BCUT2D eigenvalue weighted by Gasteiger charge is -2.49. The molecule has 0 spiro atoms. The van der Waals surface area contributed by atoms with Gasteiger partial charge in [-0.05, 0) is 30.7 Å². The van der Waals surface area contributed by atoms with Crippen LogP contribution in [0.5, 0.6) is 11.5 Å². The number of aliphatic carboxylic acids is 1. The molecule has 8 N–H and O–H groups in total. The number of carbonyl (C=O) groups is 4. The third-order valence-electron chi connectivity index (χ3n) is 7.41. The zero-order valence-corrected chi connectivity index (χ0v) is 29.2. The number of phenolic OH excluding ortho intramolecular Hbond substituents is 2. The fourth-order valence-electron chi connectivity index (χ4n) is 5.02. The number of primary amides is 1. The molecule has 0 saturated carbocycles. The van der Waals surface area contributed by atoms with Gasteiger partial charge in [0.2, 0.25) is 15.8 Å². The molecule has 5 heterocycles. The summed E-state index contributed by atoms with van der Waals surface area (Å²) in [6, 6.07) is 3.34. The van der Waals surface area contributed by atoms with Gasteiger partial charge in [-0.1, -0.05) is 5.16 Å². The molecule has 4 aromatic rings. The van der Waals surface area contributed by atoms with E-state index < -0.39 is 73.0 Å². The van der Waals surface area contributed by atoms with Crippen LogP contribution in [-0.2, 0) is 29.1 Å². The number of sulfone groups is 1. The maximum absolute atomic E-state index is 13.4. The van der Waals surface area contributed by atoms with Crippen molar-refractivity contribution in [3.8, 4) is 11.5 Å². The number of anilines is 1. The molecule has 2 aliphatic rings. The molecular formula is C28H25N9O10S4. The first-order chi connectivity index (χ1) is 24.2. The van der Waals surface area contributed by atoms with E-state index in [1.54, 1.807) is 13.0 Å². The molecule has 23 heteroatoms. The predicted octanol–water partition coefficient (Wildman–Crippen LogP) is 0.270. The SMILES string of the molecule is Cc1cc(SCC2=C(C(=O)O)N3C(=O)[C@@H](NC(=O)/C(=N\OCS(=O)(=O)c4ccc(O)c(O)c4)c4csc(N)n4)[C@H]3SC2)n2ncc(C(N)=O)c2n1. The number of fused-ring (bicyclic) bond motifs is 2. The van der Waals surface area contributed by atoms with Crippen molar-refractivity contribution in [3.63, 3.8) is 0 Å². The van der Waals surface area contributed by atoms with E-state index in [0.29, 0.717) is 16.3 Å². The van der Waals surface area contributed by atoms with Crippen LogP contribution < -0.4 is 16.8 Å². The molecule has 6 rings (SSSR count). The first kappa shape index (κ1) is 35.4. The van der Waals surface area contributed by atoms with Gasteiger partial charge in [-0.25, -0.2) is 27.7 Å². The first-order valence-corrected chi connectivity index (χ1v) is 18.9. The number of nitrogens with one attached hydrogen (secondary N) is 1. The van der Waals surface area contributed by atoms with Crippen LogP contribution in [-0.4, -0.2) is 106 Å². The zero-order chi connectivity index (χ0) is 36.8. The minimum atomic E-state index is -4.22. The number of phenols is 2. The second-order valence-corrected chi connectivity index (χ2v) is 15.8. The molecule has 3 amide bonds. The van der Waals surface area contributed by atoms with Gasteiger partial charge in [0.25, 0.3) is 17.7 Å². The highest BCUT2D eigenvalue weighted by atomic mass is 32.2. The van der Waals surface area contributed by atoms with Crippen molar-refractivity contribution in [2.45, 2.75) is 28.3 Å². The van der Waals surface area contributed by atoms with Crippen molar-refractivity contribution >= 4 is 84.9 Å². The van der Waals surface area contributed by atoms with Crippen LogP contribution in [0.25, 0.3) is 5.65 Å². The van der Waals surface area contributed by atoms with Gasteiger partial charge in [-0.2, -0.15) is 5.10 Å². The number of nitrogens with two attached hydrogens (primary N) is 2. The van der Waals surface area contributed by atoms with Crippen LogP contribution in [0, 0.1) is 6.92 Å². The summed E-state index contributed by atoms with van der Waals surface area (Å²) in [5.74, 6) is -5.71. The Hall–Kier alpha value is -5.39. The van der Waals surface area contributed by atoms with Gasteiger partial charge >= 0.3 is 5.97 Å². The summed E-state index contributed by atoms with van der Waals surface area (Å²) >= 11 is 3.39. The van der Waals surface area contributed by atoms with E-state index in [0.717, 1.165) is 34.4 Å². The molecule has 0 radical (unpaired) electrons. The quantitative estimate of drug-likeness (QED) is 0.0281. The molecule has 0 aliphatic carbocycles. The van der Waals surface area contributed by atoms with Crippen LogP contribution in [0.1, 0.15) is 21.7 Å². The molecule has 2 aliphatic heterocycles. The molecular weight excluding hydrogens is 751 g/mol. The highest BCUT2D eigenvalue weighted by molar-refractivity contribution is 8.01. The summed E-state index contributed by atoms with van der Waals surface area (Å²) in [6.45, 7) is 1.72. The average molecular weight is 776 g/mol. The number of nitrogens with zero attached hydrogens (tertiary/aromatic N) is 6. The van der Waals surface area contributed by atoms with Gasteiger partial charge in [0.15, 0.2) is 28.0 Å². The Morgan fingerprint density at radius 1 is 1.20 bits per heavy atom. The minimum Gasteiger partial charge on any atom is -0.504 e. The van der Waals surface area contributed by atoms with E-state index in [1.165, 1.54) is 39.6 Å². The van der Waals surface area contributed by atoms with E-state index in [4.69, 9.17) is 16.3 Å². The van der Waals surface area contributed by atoms with Crippen LogP contribution in [0.2, 0.25) is 0 Å². The van der Waals surface area contributed by atoms with E-state index in [-0.39, 0.29) is 39.2 Å². The van der Waals surface area contributed by atoms with Crippen molar-refractivity contribution in [3.05, 3.63) is 64.1 Å². The molecule has 1 aromatic carbocycles. The number of carbonyl (C=O) groups excluding carboxylic acids is 3. The lowest BCUT2D eigenvalue weighted by Crippen LogP contribution is -2.71. The Balaban J connectivity index is 1.18. The number of oxime groups is 1. The maximum atomic E-state index is 13.4. The van der Waals surface area contributed by atoms with Crippen molar-refractivity contribution in [2.75, 3.05) is 23.2 Å². The first-order valence-electron chi connectivity index (χ1n) is 14.3.